The van der Waals surface area contributed by atoms with Crippen molar-refractivity contribution in [2.75, 3.05) is 16.2 Å². The number of pyridine rings is 1. The molecule has 0 atom stereocenters. The molecule has 0 aliphatic rings. The molecule has 2 rings (SSSR count). The highest BCUT2D eigenvalue weighted by Crippen LogP contribution is 2.25. The molecule has 1 heterocycles. The summed E-state index contributed by atoms with van der Waals surface area (Å²) in [5.41, 5.74) is 3.08. The Labute approximate surface area is 162 Å². The molecule has 1 aromatic carbocycles. The molecule has 7 nitrogen and oxygen atoms in total. The van der Waals surface area contributed by atoms with Crippen LogP contribution in [-0.2, 0) is 10.0 Å². The molecule has 0 aliphatic heterocycles. The lowest BCUT2D eigenvalue weighted by Gasteiger charge is -2.12. The Bertz CT molecular complexity index is 1030. The van der Waals surface area contributed by atoms with Crippen LogP contribution in [0.5, 0.6) is 0 Å². The molecule has 1 aromatic heterocycles. The summed E-state index contributed by atoms with van der Waals surface area (Å²) >= 11 is 3.11. The summed E-state index contributed by atoms with van der Waals surface area (Å²) in [5.74, 6) is -4.39. The van der Waals surface area contributed by atoms with E-state index < -0.39 is 44.4 Å². The van der Waals surface area contributed by atoms with E-state index in [4.69, 9.17) is 11.1 Å². The second-order valence-electron chi connectivity index (χ2n) is 5.50. The molecule has 0 saturated carbocycles. The first-order valence-corrected chi connectivity index (χ1v) is 10.0. The van der Waals surface area contributed by atoms with Gasteiger partial charge in [-0.1, -0.05) is 6.92 Å². The Kier molecular flexibility index (Phi) is 6.26. The minimum Gasteiger partial charge on any atom is -0.383 e. The first-order chi connectivity index (χ1) is 12.6. The van der Waals surface area contributed by atoms with Crippen molar-refractivity contribution in [3.63, 3.8) is 0 Å². The zero-order valence-electron chi connectivity index (χ0n) is 14.0. The maximum absolute atomic E-state index is 14.7. The van der Waals surface area contributed by atoms with Gasteiger partial charge in [-0.15, -0.1) is 0 Å². The van der Waals surface area contributed by atoms with E-state index in [1.54, 1.807) is 6.92 Å². The number of sulfonamides is 1. The van der Waals surface area contributed by atoms with E-state index in [-0.39, 0.29) is 23.6 Å². The largest absolute Gasteiger partial charge is 0.383 e. The van der Waals surface area contributed by atoms with Gasteiger partial charge < -0.3 is 5.73 Å². The molecule has 144 valence electrons. The number of rotatable bonds is 7. The molecule has 2 aromatic rings. The summed E-state index contributed by atoms with van der Waals surface area (Å²) in [6.07, 6.45) is 1.62. The van der Waals surface area contributed by atoms with Crippen LogP contribution in [0.25, 0.3) is 0 Å². The fraction of sp³-hybridized carbons (Fsp3) is 0.188. The molecular weight excluding hydrogens is 446 g/mol. The maximum atomic E-state index is 14.7. The molecule has 0 aliphatic carbocycles. The smallest absolute Gasteiger partial charge is 0.232 e. The minimum atomic E-state index is -3.86. The first kappa shape index (κ1) is 20.9. The molecule has 4 N–H and O–H groups in total. The first-order valence-electron chi connectivity index (χ1n) is 7.60. The minimum absolute atomic E-state index is 0.120. The fourth-order valence-corrected chi connectivity index (χ4v) is 3.69. The van der Waals surface area contributed by atoms with E-state index >= 15 is 0 Å². The number of nitrogens with two attached hydrogens (primary N) is 1. The quantitative estimate of drug-likeness (QED) is 0.432. The van der Waals surface area contributed by atoms with Crippen LogP contribution >= 0.6 is 15.9 Å². The Balaban J connectivity index is 2.48. The van der Waals surface area contributed by atoms with Gasteiger partial charge in [-0.2, -0.15) is 0 Å². The molecule has 0 spiro atoms. The predicted molar refractivity (Wildman–Crippen MR) is 102 cm³/mol. The van der Waals surface area contributed by atoms with Gasteiger partial charge in [0.15, 0.2) is 5.82 Å². The van der Waals surface area contributed by atoms with E-state index in [0.717, 1.165) is 12.1 Å². The highest BCUT2D eigenvalue weighted by atomic mass is 79.9. The van der Waals surface area contributed by atoms with Crippen LogP contribution in [0, 0.1) is 17.0 Å². The number of nitrogens with one attached hydrogen (secondary N) is 2. The number of hydrogen-bond acceptors (Lipinski definition) is 6. The number of carbonyl (C=O) groups is 1. The number of ketones is 1. The van der Waals surface area contributed by atoms with Gasteiger partial charge in [0.1, 0.15) is 17.3 Å². The van der Waals surface area contributed by atoms with Crippen LogP contribution in [0.1, 0.15) is 29.3 Å². The highest BCUT2D eigenvalue weighted by Gasteiger charge is 2.27. The van der Waals surface area contributed by atoms with Crippen LogP contribution in [0.4, 0.5) is 20.3 Å². The lowest BCUT2D eigenvalue weighted by Crippen LogP contribution is -2.22. The molecule has 27 heavy (non-hydrogen) atoms. The monoisotopic (exact) mass is 460 g/mol. The van der Waals surface area contributed by atoms with Crippen molar-refractivity contribution in [1.29, 1.82) is 5.41 Å². The molecule has 0 saturated heterocycles. The van der Waals surface area contributed by atoms with Gasteiger partial charge in [-0.3, -0.25) is 14.9 Å². The number of aromatic nitrogens is 1. The second kappa shape index (κ2) is 8.09. The second-order valence-corrected chi connectivity index (χ2v) is 8.25. The average Bonchev–Trinajstić information content (AvgIpc) is 2.58. The number of Topliss-reactive ketones (excluding diaryl/α,β-unsaturated/α-hetero) is 1. The van der Waals surface area contributed by atoms with Crippen molar-refractivity contribution in [3.05, 3.63) is 51.6 Å². The molecular formula is C16H15BrF2N4O3S. The average molecular weight is 461 g/mol. The van der Waals surface area contributed by atoms with Crippen molar-refractivity contribution in [2.45, 2.75) is 13.3 Å². The molecule has 11 heteroatoms. The van der Waals surface area contributed by atoms with Crippen molar-refractivity contribution in [2.24, 2.45) is 0 Å². The van der Waals surface area contributed by atoms with Crippen LogP contribution < -0.4 is 10.5 Å². The van der Waals surface area contributed by atoms with Crippen LogP contribution in [0.15, 0.2) is 28.9 Å². The lowest BCUT2D eigenvalue weighted by atomic mass is 10.00. The third kappa shape index (κ3) is 4.66. The molecule has 0 radical (unpaired) electrons. The van der Waals surface area contributed by atoms with Crippen LogP contribution in [-0.4, -0.2) is 30.6 Å². The Morgan fingerprint density at radius 3 is 2.67 bits per heavy atom. The summed E-state index contributed by atoms with van der Waals surface area (Å²) < 4.78 is 54.8. The number of benzene rings is 1. The molecule has 0 unspecified atom stereocenters. The number of carbonyl (C=O) groups excluding carboxylic acids is 1. The van der Waals surface area contributed by atoms with E-state index in [0.29, 0.717) is 4.47 Å². The van der Waals surface area contributed by atoms with E-state index in [1.807, 2.05) is 4.72 Å². The van der Waals surface area contributed by atoms with Crippen molar-refractivity contribution in [1.82, 2.24) is 4.98 Å². The van der Waals surface area contributed by atoms with E-state index in [1.165, 1.54) is 12.3 Å². The SMILES string of the molecule is CCCS(=O)(=O)Nc1ccc(F)c(C(=O)C(=N)c2cc(Br)cnc2N)c1F. The van der Waals surface area contributed by atoms with Gasteiger partial charge in [-0.05, 0) is 40.5 Å². The lowest BCUT2D eigenvalue weighted by molar-refractivity contribution is 0.105. The van der Waals surface area contributed by atoms with Gasteiger partial charge in [0.25, 0.3) is 0 Å². The van der Waals surface area contributed by atoms with Gasteiger partial charge in [0.2, 0.25) is 15.8 Å². The zero-order chi connectivity index (χ0) is 20.4. The highest BCUT2D eigenvalue weighted by molar-refractivity contribution is 9.10. The summed E-state index contributed by atoms with van der Waals surface area (Å²) in [6.45, 7) is 1.62. The Hall–Kier alpha value is -2.40. The number of nitrogen functional groups attached to an aromatic ring is 1. The molecule has 0 fully saturated rings. The topological polar surface area (TPSA) is 126 Å². The van der Waals surface area contributed by atoms with Crippen LogP contribution in [0.3, 0.4) is 0 Å². The number of anilines is 2. The third-order valence-corrected chi connectivity index (χ3v) is 5.35. The normalized spacial score (nSPS) is 11.3. The Morgan fingerprint density at radius 1 is 1.37 bits per heavy atom. The summed E-state index contributed by atoms with van der Waals surface area (Å²) in [7, 11) is -3.86. The summed E-state index contributed by atoms with van der Waals surface area (Å²) in [6, 6.07) is 2.93. The van der Waals surface area contributed by atoms with Crippen molar-refractivity contribution in [3.8, 4) is 0 Å². The maximum Gasteiger partial charge on any atom is 0.232 e. The van der Waals surface area contributed by atoms with Crippen LogP contribution in [0.2, 0.25) is 0 Å². The molecule has 0 amide bonds. The molecule has 0 bridgehead atoms. The van der Waals surface area contributed by atoms with Crippen molar-refractivity contribution >= 4 is 49.0 Å². The number of hydrogen-bond donors (Lipinski definition) is 3. The van der Waals surface area contributed by atoms with Gasteiger partial charge in [-0.25, -0.2) is 22.2 Å². The Morgan fingerprint density at radius 2 is 2.04 bits per heavy atom. The predicted octanol–water partition coefficient (Wildman–Crippen LogP) is 3.11. The fourth-order valence-electron chi connectivity index (χ4n) is 2.22. The third-order valence-electron chi connectivity index (χ3n) is 3.44. The summed E-state index contributed by atoms with van der Waals surface area (Å²) in [4.78, 5) is 16.3. The standard InChI is InChI=1S/C16H15BrF2N4O3S/c1-2-5-27(25,26)23-11-4-3-10(18)12(13(11)19)15(24)14(20)9-6-8(17)7-22-16(9)21/h3-4,6-7,20,23H,2,5H2,1H3,(H2,21,22). The van der Waals surface area contributed by atoms with Gasteiger partial charge in [0, 0.05) is 16.2 Å². The van der Waals surface area contributed by atoms with E-state index in [2.05, 4.69) is 20.9 Å². The zero-order valence-corrected chi connectivity index (χ0v) is 16.4. The summed E-state index contributed by atoms with van der Waals surface area (Å²) in [5, 5.41) is 7.96. The number of halogens is 3. The van der Waals surface area contributed by atoms with Gasteiger partial charge >= 0.3 is 0 Å². The van der Waals surface area contributed by atoms with Crippen molar-refractivity contribution < 1.29 is 22.0 Å². The van der Waals surface area contributed by atoms with Gasteiger partial charge in [0.05, 0.1) is 17.0 Å². The number of nitrogens with zero attached hydrogens (tertiary/aromatic N) is 1. The van der Waals surface area contributed by atoms with E-state index in [9.17, 15) is 22.0 Å².